The van der Waals surface area contributed by atoms with Gasteiger partial charge in [0.15, 0.2) is 0 Å². The van der Waals surface area contributed by atoms with Gasteiger partial charge in [0, 0.05) is 50.4 Å². The van der Waals surface area contributed by atoms with Gasteiger partial charge >= 0.3 is 12.2 Å². The highest BCUT2D eigenvalue weighted by molar-refractivity contribution is 5.69. The van der Waals surface area contributed by atoms with Crippen LogP contribution in [-0.2, 0) is 9.47 Å². The van der Waals surface area contributed by atoms with Crippen molar-refractivity contribution in [2.75, 3.05) is 38.5 Å². The fourth-order valence-corrected chi connectivity index (χ4v) is 4.21. The molecule has 2 aromatic carbocycles. The summed E-state index contributed by atoms with van der Waals surface area (Å²) < 4.78 is 22.3. The normalized spacial score (nSPS) is 17.3. The number of nitrogens with two attached hydrogens (primary N) is 1. The number of anilines is 1. The molecule has 0 saturated carbocycles. The summed E-state index contributed by atoms with van der Waals surface area (Å²) in [5.41, 5.74) is 5.38. The Morgan fingerprint density at radius 1 is 0.826 bits per heavy atom. The Hall–Kier alpha value is -4.26. The maximum absolute atomic E-state index is 12.0. The number of non-ortho nitro benzene ring substituents is 1. The Morgan fingerprint density at radius 3 is 1.50 bits per heavy atom. The van der Waals surface area contributed by atoms with Crippen molar-refractivity contribution in [2.24, 2.45) is 0 Å². The summed E-state index contributed by atoms with van der Waals surface area (Å²) in [7, 11) is 0. The van der Waals surface area contributed by atoms with Gasteiger partial charge in [-0.1, -0.05) is 7.43 Å². The summed E-state index contributed by atoms with van der Waals surface area (Å²) in [6.45, 7) is 15.2. The van der Waals surface area contributed by atoms with Crippen LogP contribution in [0.15, 0.2) is 48.5 Å². The van der Waals surface area contributed by atoms with E-state index in [0.717, 1.165) is 12.2 Å². The van der Waals surface area contributed by atoms with Crippen LogP contribution in [0.25, 0.3) is 0 Å². The molecule has 13 heteroatoms. The van der Waals surface area contributed by atoms with Crippen LogP contribution in [0.4, 0.5) is 21.0 Å². The Bertz CT molecular complexity index is 1230. The predicted octanol–water partition coefficient (Wildman–Crippen LogP) is 6.27. The Morgan fingerprint density at radius 2 is 1.17 bits per heavy atom. The molecule has 0 bridgehead atoms. The SMILES string of the molecule is C.CC(C)(C)OC(=O)N1CCC(Oc2ccc(N)cc2)C1.CC(C)(C)OC(=O)N1CCC(Oc2ccc([N+](=O)[O-])cc2)C1.CCO. The quantitative estimate of drug-likeness (QED) is 0.214. The zero-order chi connectivity index (χ0) is 33.8. The van der Waals surface area contributed by atoms with Gasteiger partial charge in [-0.2, -0.15) is 0 Å². The first-order valence-electron chi connectivity index (χ1n) is 15.0. The number of hydrogen-bond acceptors (Lipinski definition) is 10. The summed E-state index contributed by atoms with van der Waals surface area (Å²) >= 11 is 0. The van der Waals surface area contributed by atoms with Crippen LogP contribution in [0.3, 0.4) is 0 Å². The van der Waals surface area contributed by atoms with Crippen molar-refractivity contribution in [3.63, 3.8) is 0 Å². The lowest BCUT2D eigenvalue weighted by atomic mass is 10.2. The van der Waals surface area contributed by atoms with Gasteiger partial charge in [0.25, 0.3) is 5.69 Å². The Labute approximate surface area is 272 Å². The molecule has 2 aliphatic rings. The molecule has 13 nitrogen and oxygen atoms in total. The average Bonchev–Trinajstić information content (AvgIpc) is 3.60. The zero-order valence-electron chi connectivity index (χ0n) is 27.4. The number of nitro benzene ring substituents is 1. The zero-order valence-corrected chi connectivity index (χ0v) is 27.4. The van der Waals surface area contributed by atoms with E-state index in [1.807, 2.05) is 53.7 Å². The number of benzene rings is 2. The molecule has 2 amide bonds. The topological polar surface area (TPSA) is 167 Å². The third-order valence-electron chi connectivity index (χ3n) is 6.13. The van der Waals surface area contributed by atoms with E-state index in [2.05, 4.69) is 0 Å². The molecule has 2 atom stereocenters. The van der Waals surface area contributed by atoms with Gasteiger partial charge < -0.3 is 39.6 Å². The molecule has 0 spiro atoms. The molecule has 2 heterocycles. The van der Waals surface area contributed by atoms with Crippen LogP contribution < -0.4 is 15.2 Å². The van der Waals surface area contributed by atoms with Gasteiger partial charge in [-0.25, -0.2) is 9.59 Å². The highest BCUT2D eigenvalue weighted by Crippen LogP contribution is 2.23. The van der Waals surface area contributed by atoms with Crippen molar-refractivity contribution >= 4 is 23.6 Å². The van der Waals surface area contributed by atoms with Crippen molar-refractivity contribution in [3.8, 4) is 11.5 Å². The summed E-state index contributed by atoms with van der Waals surface area (Å²) in [5.74, 6) is 1.33. The fraction of sp³-hybridized carbons (Fsp3) is 0.576. The van der Waals surface area contributed by atoms with Crippen LogP contribution in [0.5, 0.6) is 11.5 Å². The van der Waals surface area contributed by atoms with Gasteiger partial charge in [-0.3, -0.25) is 10.1 Å². The lowest BCUT2D eigenvalue weighted by Gasteiger charge is -2.24. The van der Waals surface area contributed by atoms with E-state index in [1.54, 1.807) is 41.0 Å². The minimum atomic E-state index is -0.519. The molecule has 0 aromatic heterocycles. The van der Waals surface area contributed by atoms with Gasteiger partial charge in [0.1, 0.15) is 34.9 Å². The molecule has 2 aliphatic heterocycles. The number of ether oxygens (including phenoxy) is 4. The van der Waals surface area contributed by atoms with E-state index in [1.165, 1.54) is 12.1 Å². The first kappa shape index (κ1) is 39.8. The number of hydrogen-bond donors (Lipinski definition) is 2. The van der Waals surface area contributed by atoms with Gasteiger partial charge in [-0.15, -0.1) is 0 Å². The van der Waals surface area contributed by atoms with Crippen molar-refractivity contribution in [2.45, 2.75) is 92.1 Å². The molecule has 2 unspecified atom stereocenters. The van der Waals surface area contributed by atoms with Crippen LogP contribution in [0, 0.1) is 10.1 Å². The standard InChI is InChI=1S/C15H20N2O5.C15H22N2O3.C2H6O.CH4/c1-15(2,3)22-14(18)16-9-8-13(10-16)21-12-6-4-11(5-7-12)17(19)20;1-15(2,3)20-14(18)17-9-8-13(10-17)19-12-6-4-11(16)5-7-12;1-2-3;/h4-7,13H,8-10H2,1-3H3;4-7,13H,8-10,16H2,1-3H3;3H,2H2,1H3;1H4. The van der Waals surface area contributed by atoms with E-state index in [4.69, 9.17) is 29.8 Å². The molecule has 4 rings (SSSR count). The molecule has 46 heavy (non-hydrogen) atoms. The van der Waals surface area contributed by atoms with Crippen LogP contribution in [0.2, 0.25) is 0 Å². The maximum atomic E-state index is 12.0. The molecular weight excluding hydrogens is 596 g/mol. The van der Waals surface area contributed by atoms with Crippen molar-refractivity contribution in [1.82, 2.24) is 9.80 Å². The summed E-state index contributed by atoms with van der Waals surface area (Å²) in [6.07, 6.45) is 0.767. The number of carbonyl (C=O) groups excluding carboxylic acids is 2. The number of nitro groups is 1. The summed E-state index contributed by atoms with van der Waals surface area (Å²) in [6, 6.07) is 13.2. The number of aliphatic hydroxyl groups is 1. The second kappa shape index (κ2) is 18.0. The van der Waals surface area contributed by atoms with Crippen LogP contribution in [-0.4, -0.2) is 88.2 Å². The Kier molecular flexibility index (Phi) is 15.6. The number of aliphatic hydroxyl groups excluding tert-OH is 1. The van der Waals surface area contributed by atoms with E-state index in [-0.39, 0.29) is 44.1 Å². The molecule has 258 valence electrons. The number of nitrogens with zero attached hydrogens (tertiary/aromatic N) is 3. The maximum Gasteiger partial charge on any atom is 0.410 e. The highest BCUT2D eigenvalue weighted by atomic mass is 16.6. The lowest BCUT2D eigenvalue weighted by Crippen LogP contribution is -2.36. The number of amides is 2. The summed E-state index contributed by atoms with van der Waals surface area (Å²) in [5, 5.41) is 18.2. The van der Waals surface area contributed by atoms with Gasteiger partial charge in [0.2, 0.25) is 0 Å². The second-order valence-electron chi connectivity index (χ2n) is 12.5. The number of carbonyl (C=O) groups is 2. The lowest BCUT2D eigenvalue weighted by molar-refractivity contribution is -0.384. The fourth-order valence-electron chi connectivity index (χ4n) is 4.21. The van der Waals surface area contributed by atoms with Gasteiger partial charge in [-0.05, 0) is 84.9 Å². The van der Waals surface area contributed by atoms with Crippen molar-refractivity contribution < 1.29 is 38.6 Å². The molecule has 0 aliphatic carbocycles. The first-order valence-corrected chi connectivity index (χ1v) is 15.0. The van der Waals surface area contributed by atoms with Crippen molar-refractivity contribution in [1.29, 1.82) is 0 Å². The monoisotopic (exact) mass is 648 g/mol. The third kappa shape index (κ3) is 14.7. The molecule has 2 aromatic rings. The number of nitrogen functional groups attached to an aromatic ring is 1. The van der Waals surface area contributed by atoms with E-state index in [9.17, 15) is 19.7 Å². The average molecular weight is 649 g/mol. The van der Waals surface area contributed by atoms with Crippen LogP contribution >= 0.6 is 0 Å². The van der Waals surface area contributed by atoms with E-state index < -0.39 is 16.1 Å². The molecule has 3 N–H and O–H groups in total. The molecular formula is C33H52N4O9. The minimum Gasteiger partial charge on any atom is -0.489 e. The van der Waals surface area contributed by atoms with Crippen LogP contribution in [0.1, 0.15) is 68.7 Å². The largest absolute Gasteiger partial charge is 0.489 e. The number of rotatable bonds is 5. The van der Waals surface area contributed by atoms with E-state index in [0.29, 0.717) is 44.0 Å². The first-order chi connectivity index (χ1) is 21.0. The molecule has 0 radical (unpaired) electrons. The second-order valence-corrected chi connectivity index (χ2v) is 12.5. The van der Waals surface area contributed by atoms with E-state index >= 15 is 0 Å². The summed E-state index contributed by atoms with van der Waals surface area (Å²) in [4.78, 5) is 37.3. The smallest absolute Gasteiger partial charge is 0.410 e. The predicted molar refractivity (Wildman–Crippen MR) is 177 cm³/mol. The van der Waals surface area contributed by atoms with Gasteiger partial charge in [0.05, 0.1) is 18.0 Å². The van der Waals surface area contributed by atoms with Crippen molar-refractivity contribution in [3.05, 3.63) is 58.6 Å². The number of likely N-dealkylation sites (tertiary alicyclic amines) is 2. The Balaban J connectivity index is 0.000000417. The minimum absolute atomic E-state index is 0. The third-order valence-corrected chi connectivity index (χ3v) is 6.13. The highest BCUT2D eigenvalue weighted by Gasteiger charge is 2.32. The molecule has 2 saturated heterocycles. The molecule has 2 fully saturated rings.